The van der Waals surface area contributed by atoms with Crippen LogP contribution in [0.25, 0.3) is 22.6 Å². The van der Waals surface area contributed by atoms with E-state index in [0.717, 1.165) is 18.2 Å². The molecule has 0 amide bonds. The molecule has 32 heavy (non-hydrogen) atoms. The van der Waals surface area contributed by atoms with E-state index in [1.807, 2.05) is 5.10 Å². The van der Waals surface area contributed by atoms with E-state index in [9.17, 15) is 22.0 Å². The molecule has 0 aliphatic rings. The lowest BCUT2D eigenvalue weighted by atomic mass is 9.90. The van der Waals surface area contributed by atoms with E-state index in [2.05, 4.69) is 25.0 Å². The number of aromatic nitrogens is 6. The molecule has 0 bridgehead atoms. The molecule has 1 N–H and O–H groups in total. The number of hydrogen-bond donors (Lipinski definition) is 1. The summed E-state index contributed by atoms with van der Waals surface area (Å²) in [6, 6.07) is 6.92. The van der Waals surface area contributed by atoms with Gasteiger partial charge in [0.25, 0.3) is 0 Å². The van der Waals surface area contributed by atoms with Gasteiger partial charge in [0, 0.05) is 24.0 Å². The minimum absolute atomic E-state index is 0.000160. The van der Waals surface area contributed by atoms with Gasteiger partial charge in [-0.2, -0.15) is 18.3 Å². The molecule has 0 aliphatic carbocycles. The molecule has 0 atom stereocenters. The quantitative estimate of drug-likeness (QED) is 0.449. The SMILES string of the molecule is CC(C)(c1nccc(-c2cc(C(F)(F)F)[nH]n2)n1)c1nccc(-c2ccc(F)cc2F)n1. The van der Waals surface area contributed by atoms with Gasteiger partial charge in [0.15, 0.2) is 0 Å². The van der Waals surface area contributed by atoms with Crippen molar-refractivity contribution in [2.75, 3.05) is 0 Å². The maximum Gasteiger partial charge on any atom is 0.432 e. The standard InChI is InChI=1S/C21H15F5N6/c1-20(2,18-27-7-5-14(29-18)12-4-3-11(22)9-13(12)23)19-28-8-6-15(30-19)16-10-17(32-31-16)21(24,25)26/h3-10H,1-2H3,(H,31,32). The van der Waals surface area contributed by atoms with Crippen molar-refractivity contribution in [2.24, 2.45) is 0 Å². The lowest BCUT2D eigenvalue weighted by molar-refractivity contribution is -0.141. The van der Waals surface area contributed by atoms with Crippen molar-refractivity contribution >= 4 is 0 Å². The molecule has 11 heteroatoms. The molecular weight excluding hydrogens is 431 g/mol. The average molecular weight is 446 g/mol. The summed E-state index contributed by atoms with van der Waals surface area (Å²) >= 11 is 0. The van der Waals surface area contributed by atoms with Crippen molar-refractivity contribution in [3.05, 3.63) is 77.8 Å². The number of H-pyrrole nitrogens is 1. The van der Waals surface area contributed by atoms with Crippen LogP contribution in [0.1, 0.15) is 31.2 Å². The highest BCUT2D eigenvalue weighted by Crippen LogP contribution is 2.32. The van der Waals surface area contributed by atoms with Gasteiger partial charge in [-0.25, -0.2) is 28.7 Å². The highest BCUT2D eigenvalue weighted by Gasteiger charge is 2.34. The number of alkyl halides is 3. The van der Waals surface area contributed by atoms with Crippen LogP contribution in [0.15, 0.2) is 48.8 Å². The van der Waals surface area contributed by atoms with Crippen LogP contribution in [0.3, 0.4) is 0 Å². The molecule has 0 saturated heterocycles. The lowest BCUT2D eigenvalue weighted by Crippen LogP contribution is -2.25. The number of nitrogens with zero attached hydrogens (tertiary/aromatic N) is 5. The van der Waals surface area contributed by atoms with Gasteiger partial charge in [-0.15, -0.1) is 0 Å². The van der Waals surface area contributed by atoms with E-state index in [1.54, 1.807) is 13.8 Å². The Morgan fingerprint density at radius 1 is 0.781 bits per heavy atom. The van der Waals surface area contributed by atoms with E-state index in [4.69, 9.17) is 0 Å². The molecule has 0 fully saturated rings. The fraction of sp³-hybridized carbons (Fsp3) is 0.190. The molecule has 0 spiro atoms. The molecule has 164 valence electrons. The van der Waals surface area contributed by atoms with Crippen molar-refractivity contribution in [1.82, 2.24) is 30.1 Å². The minimum Gasteiger partial charge on any atom is -0.273 e. The topological polar surface area (TPSA) is 80.2 Å². The zero-order chi connectivity index (χ0) is 23.1. The van der Waals surface area contributed by atoms with Crippen molar-refractivity contribution in [1.29, 1.82) is 0 Å². The smallest absolute Gasteiger partial charge is 0.273 e. The maximum absolute atomic E-state index is 14.2. The summed E-state index contributed by atoms with van der Waals surface area (Å²) in [7, 11) is 0. The van der Waals surface area contributed by atoms with Gasteiger partial charge in [0.05, 0.1) is 16.8 Å². The van der Waals surface area contributed by atoms with Crippen LogP contribution in [-0.4, -0.2) is 30.1 Å². The third-order valence-corrected chi connectivity index (χ3v) is 4.78. The predicted octanol–water partition coefficient (Wildman–Crippen LogP) is 4.95. The highest BCUT2D eigenvalue weighted by atomic mass is 19.4. The van der Waals surface area contributed by atoms with Gasteiger partial charge in [-0.05, 0) is 44.2 Å². The fourth-order valence-corrected chi connectivity index (χ4v) is 3.01. The largest absolute Gasteiger partial charge is 0.432 e. The molecule has 3 aromatic heterocycles. The van der Waals surface area contributed by atoms with Crippen molar-refractivity contribution < 1.29 is 22.0 Å². The molecule has 1 aromatic carbocycles. The second kappa shape index (κ2) is 7.74. The first kappa shape index (κ1) is 21.5. The summed E-state index contributed by atoms with van der Waals surface area (Å²) in [6.45, 7) is 3.44. The molecule has 0 unspecified atom stereocenters. The first-order valence-corrected chi connectivity index (χ1v) is 9.31. The number of aromatic amines is 1. The number of rotatable bonds is 4. The monoisotopic (exact) mass is 446 g/mol. The summed E-state index contributed by atoms with van der Waals surface area (Å²) in [5, 5.41) is 5.63. The Hall–Kier alpha value is -3.76. The second-order valence-electron chi connectivity index (χ2n) is 7.44. The van der Waals surface area contributed by atoms with Crippen LogP contribution >= 0.6 is 0 Å². The molecule has 0 saturated carbocycles. The van der Waals surface area contributed by atoms with Crippen LogP contribution < -0.4 is 0 Å². The highest BCUT2D eigenvalue weighted by molar-refractivity contribution is 5.60. The molecular formula is C21H15F5N6. The number of hydrogen-bond acceptors (Lipinski definition) is 5. The Morgan fingerprint density at radius 3 is 2.00 bits per heavy atom. The molecule has 4 rings (SSSR count). The van der Waals surface area contributed by atoms with Gasteiger partial charge in [-0.3, -0.25) is 5.10 Å². The third kappa shape index (κ3) is 4.05. The molecule has 6 nitrogen and oxygen atoms in total. The Kier molecular flexibility index (Phi) is 5.19. The fourth-order valence-electron chi connectivity index (χ4n) is 3.01. The summed E-state index contributed by atoms with van der Waals surface area (Å²) in [5.41, 5.74) is -1.48. The summed E-state index contributed by atoms with van der Waals surface area (Å²) in [4.78, 5) is 17.2. The van der Waals surface area contributed by atoms with E-state index >= 15 is 0 Å². The van der Waals surface area contributed by atoms with Gasteiger partial charge in [0.2, 0.25) is 0 Å². The zero-order valence-corrected chi connectivity index (χ0v) is 16.7. The third-order valence-electron chi connectivity index (χ3n) is 4.78. The van der Waals surface area contributed by atoms with Crippen LogP contribution in [0.4, 0.5) is 22.0 Å². The van der Waals surface area contributed by atoms with E-state index in [1.165, 1.54) is 30.6 Å². The van der Waals surface area contributed by atoms with Crippen molar-refractivity contribution in [2.45, 2.75) is 25.4 Å². The Morgan fingerprint density at radius 2 is 1.41 bits per heavy atom. The minimum atomic E-state index is -4.57. The summed E-state index contributed by atoms with van der Waals surface area (Å²) < 4.78 is 66.0. The zero-order valence-electron chi connectivity index (χ0n) is 16.7. The Bertz CT molecular complexity index is 1280. The van der Waals surface area contributed by atoms with Crippen molar-refractivity contribution in [3.8, 4) is 22.6 Å². The molecule has 0 aliphatic heterocycles. The maximum atomic E-state index is 14.2. The average Bonchev–Trinajstić information content (AvgIpc) is 3.25. The lowest BCUT2D eigenvalue weighted by Gasteiger charge is -2.22. The van der Waals surface area contributed by atoms with Crippen LogP contribution in [0, 0.1) is 11.6 Å². The van der Waals surface area contributed by atoms with Gasteiger partial charge < -0.3 is 0 Å². The Labute approximate surface area is 178 Å². The normalized spacial score (nSPS) is 12.2. The molecule has 4 aromatic rings. The molecule has 3 heterocycles. The number of nitrogens with one attached hydrogen (secondary N) is 1. The predicted molar refractivity (Wildman–Crippen MR) is 104 cm³/mol. The number of benzene rings is 1. The molecule has 0 radical (unpaired) electrons. The summed E-state index contributed by atoms with van der Waals surface area (Å²) in [6.07, 6.45) is -1.75. The van der Waals surface area contributed by atoms with E-state index < -0.39 is 28.9 Å². The number of halogens is 5. The van der Waals surface area contributed by atoms with Crippen LogP contribution in [-0.2, 0) is 11.6 Å². The summed E-state index contributed by atoms with van der Waals surface area (Å²) in [5.74, 6) is -1.01. The van der Waals surface area contributed by atoms with E-state index in [0.29, 0.717) is 0 Å². The first-order valence-electron chi connectivity index (χ1n) is 9.31. The van der Waals surface area contributed by atoms with Gasteiger partial charge in [-0.1, -0.05) is 0 Å². The van der Waals surface area contributed by atoms with Crippen LogP contribution in [0.2, 0.25) is 0 Å². The van der Waals surface area contributed by atoms with Gasteiger partial charge >= 0.3 is 6.18 Å². The first-order chi connectivity index (χ1) is 15.1. The van der Waals surface area contributed by atoms with E-state index in [-0.39, 0.29) is 34.3 Å². The van der Waals surface area contributed by atoms with Crippen molar-refractivity contribution in [3.63, 3.8) is 0 Å². The van der Waals surface area contributed by atoms with Crippen LogP contribution in [0.5, 0.6) is 0 Å². The van der Waals surface area contributed by atoms with Gasteiger partial charge in [0.1, 0.15) is 34.7 Å². The second-order valence-corrected chi connectivity index (χ2v) is 7.44. The Balaban J connectivity index is 1.71.